The maximum absolute atomic E-state index is 12.0. The van der Waals surface area contributed by atoms with Crippen molar-refractivity contribution in [2.45, 2.75) is 45.2 Å². The summed E-state index contributed by atoms with van der Waals surface area (Å²) >= 11 is 0. The molecule has 1 atom stereocenters. The summed E-state index contributed by atoms with van der Waals surface area (Å²) in [4.78, 5) is 12.0. The first kappa shape index (κ1) is 12.1. The van der Waals surface area contributed by atoms with Gasteiger partial charge in [-0.3, -0.25) is 4.79 Å². The highest BCUT2D eigenvalue weighted by atomic mass is 16.2. The molecule has 1 amide bonds. The Balaban J connectivity index is 2.08. The smallest absolute Gasteiger partial charge is 0.242 e. The summed E-state index contributed by atoms with van der Waals surface area (Å²) in [5.74, 6) is 0.796. The second kappa shape index (κ2) is 4.49. The summed E-state index contributed by atoms with van der Waals surface area (Å²) in [5.41, 5.74) is -0.130. The SMILES string of the molecule is CC(C)(C)n1nccc1NC(=O)C1CCCN1. The number of rotatable bonds is 2. The monoisotopic (exact) mass is 236 g/mol. The predicted octanol–water partition coefficient (Wildman–Crippen LogP) is 1.33. The lowest BCUT2D eigenvalue weighted by Crippen LogP contribution is -2.37. The maximum Gasteiger partial charge on any atom is 0.242 e. The van der Waals surface area contributed by atoms with E-state index < -0.39 is 0 Å². The number of carbonyl (C=O) groups excluding carboxylic acids is 1. The third kappa shape index (κ3) is 2.66. The van der Waals surface area contributed by atoms with Crippen molar-refractivity contribution in [3.8, 4) is 0 Å². The molecule has 1 aliphatic rings. The summed E-state index contributed by atoms with van der Waals surface area (Å²) < 4.78 is 1.83. The lowest BCUT2D eigenvalue weighted by atomic mass is 10.1. The molecule has 0 aromatic carbocycles. The van der Waals surface area contributed by atoms with Gasteiger partial charge in [0.1, 0.15) is 5.82 Å². The number of nitrogens with one attached hydrogen (secondary N) is 2. The van der Waals surface area contributed by atoms with E-state index in [9.17, 15) is 4.79 Å². The molecule has 0 aliphatic carbocycles. The van der Waals surface area contributed by atoms with E-state index in [-0.39, 0.29) is 17.5 Å². The molecule has 1 fully saturated rings. The second-order valence-electron chi connectivity index (χ2n) is 5.44. The van der Waals surface area contributed by atoms with E-state index in [0.717, 1.165) is 25.2 Å². The molecule has 1 aliphatic heterocycles. The van der Waals surface area contributed by atoms with Crippen molar-refractivity contribution in [1.29, 1.82) is 0 Å². The molecule has 1 unspecified atom stereocenters. The Morgan fingerprint density at radius 2 is 2.35 bits per heavy atom. The van der Waals surface area contributed by atoms with Gasteiger partial charge in [-0.25, -0.2) is 4.68 Å². The van der Waals surface area contributed by atoms with Gasteiger partial charge >= 0.3 is 0 Å². The Kier molecular flexibility index (Phi) is 3.19. The molecule has 1 aromatic heterocycles. The van der Waals surface area contributed by atoms with Crippen molar-refractivity contribution >= 4 is 11.7 Å². The number of hydrogen-bond donors (Lipinski definition) is 2. The van der Waals surface area contributed by atoms with Gasteiger partial charge in [0.05, 0.1) is 17.8 Å². The summed E-state index contributed by atoms with van der Waals surface area (Å²) in [5, 5.41) is 10.4. The van der Waals surface area contributed by atoms with E-state index in [1.54, 1.807) is 6.20 Å². The Morgan fingerprint density at radius 3 is 2.94 bits per heavy atom. The number of anilines is 1. The van der Waals surface area contributed by atoms with Gasteiger partial charge in [0.25, 0.3) is 0 Å². The molecule has 1 aromatic rings. The van der Waals surface area contributed by atoms with Crippen molar-refractivity contribution in [2.75, 3.05) is 11.9 Å². The highest BCUT2D eigenvalue weighted by Gasteiger charge is 2.24. The molecule has 2 heterocycles. The molecule has 5 heteroatoms. The summed E-state index contributed by atoms with van der Waals surface area (Å²) in [6.07, 6.45) is 3.69. The first-order valence-corrected chi connectivity index (χ1v) is 6.07. The van der Waals surface area contributed by atoms with Gasteiger partial charge in [-0.05, 0) is 40.2 Å². The first-order valence-electron chi connectivity index (χ1n) is 6.07. The van der Waals surface area contributed by atoms with E-state index in [0.29, 0.717) is 0 Å². The minimum absolute atomic E-state index is 0.0356. The highest BCUT2D eigenvalue weighted by molar-refractivity contribution is 5.94. The van der Waals surface area contributed by atoms with Gasteiger partial charge < -0.3 is 10.6 Å². The standard InChI is InChI=1S/C12H20N4O/c1-12(2,3)16-10(6-8-14-16)15-11(17)9-5-4-7-13-9/h6,8-9,13H,4-5,7H2,1-3H3,(H,15,17). The van der Waals surface area contributed by atoms with Crippen LogP contribution in [0.1, 0.15) is 33.6 Å². The average Bonchev–Trinajstić information content (AvgIpc) is 2.85. The van der Waals surface area contributed by atoms with Crippen LogP contribution in [-0.4, -0.2) is 28.3 Å². The quantitative estimate of drug-likeness (QED) is 0.814. The molecular formula is C12H20N4O. The van der Waals surface area contributed by atoms with E-state index in [1.165, 1.54) is 0 Å². The van der Waals surface area contributed by atoms with Crippen LogP contribution < -0.4 is 10.6 Å². The Hall–Kier alpha value is -1.36. The van der Waals surface area contributed by atoms with Crippen LogP contribution in [0.5, 0.6) is 0 Å². The van der Waals surface area contributed by atoms with Gasteiger partial charge in [0, 0.05) is 6.07 Å². The van der Waals surface area contributed by atoms with Crippen LogP contribution in [0.15, 0.2) is 12.3 Å². The van der Waals surface area contributed by atoms with Gasteiger partial charge in [0.15, 0.2) is 0 Å². The normalized spacial score (nSPS) is 20.5. The zero-order valence-electron chi connectivity index (χ0n) is 10.7. The van der Waals surface area contributed by atoms with Crippen LogP contribution >= 0.6 is 0 Å². The summed E-state index contributed by atoms with van der Waals surface area (Å²) in [7, 11) is 0. The number of hydrogen-bond acceptors (Lipinski definition) is 3. The Bertz CT molecular complexity index is 399. The van der Waals surface area contributed by atoms with Crippen LogP contribution in [0.3, 0.4) is 0 Å². The summed E-state index contributed by atoms with van der Waals surface area (Å²) in [6.45, 7) is 7.10. The number of carbonyl (C=O) groups is 1. The predicted molar refractivity (Wildman–Crippen MR) is 66.9 cm³/mol. The van der Waals surface area contributed by atoms with Crippen LogP contribution in [0.4, 0.5) is 5.82 Å². The minimum Gasteiger partial charge on any atom is -0.310 e. The highest BCUT2D eigenvalue weighted by Crippen LogP contribution is 2.19. The first-order chi connectivity index (χ1) is 7.98. The minimum atomic E-state index is -0.130. The fourth-order valence-corrected chi connectivity index (χ4v) is 2.05. The van der Waals surface area contributed by atoms with Gasteiger partial charge in [0.2, 0.25) is 5.91 Å². The number of nitrogens with zero attached hydrogens (tertiary/aromatic N) is 2. The largest absolute Gasteiger partial charge is 0.310 e. The average molecular weight is 236 g/mol. The van der Waals surface area contributed by atoms with Crippen LogP contribution in [0.2, 0.25) is 0 Å². The van der Waals surface area contributed by atoms with Crippen LogP contribution in [0, 0.1) is 0 Å². The Labute approximate surface area is 102 Å². The molecule has 0 bridgehead atoms. The fraction of sp³-hybridized carbons (Fsp3) is 0.667. The zero-order valence-corrected chi connectivity index (χ0v) is 10.7. The molecule has 1 saturated heterocycles. The third-order valence-electron chi connectivity index (χ3n) is 2.91. The van der Waals surface area contributed by atoms with Crippen molar-refractivity contribution in [1.82, 2.24) is 15.1 Å². The van der Waals surface area contributed by atoms with E-state index in [1.807, 2.05) is 10.7 Å². The number of amides is 1. The van der Waals surface area contributed by atoms with Crippen molar-refractivity contribution in [3.05, 3.63) is 12.3 Å². The molecule has 5 nitrogen and oxygen atoms in total. The molecule has 0 radical (unpaired) electrons. The molecular weight excluding hydrogens is 216 g/mol. The molecule has 2 rings (SSSR count). The van der Waals surface area contributed by atoms with Gasteiger partial charge in [-0.15, -0.1) is 0 Å². The number of aromatic nitrogens is 2. The van der Waals surface area contributed by atoms with Crippen molar-refractivity contribution in [3.63, 3.8) is 0 Å². The topological polar surface area (TPSA) is 59.0 Å². The van der Waals surface area contributed by atoms with Gasteiger partial charge in [-0.2, -0.15) is 5.10 Å². The molecule has 94 valence electrons. The Morgan fingerprint density at radius 1 is 1.59 bits per heavy atom. The molecule has 0 spiro atoms. The lowest BCUT2D eigenvalue weighted by Gasteiger charge is -2.23. The lowest BCUT2D eigenvalue weighted by molar-refractivity contribution is -0.117. The third-order valence-corrected chi connectivity index (χ3v) is 2.91. The van der Waals surface area contributed by atoms with Crippen molar-refractivity contribution < 1.29 is 4.79 Å². The van der Waals surface area contributed by atoms with E-state index in [2.05, 4.69) is 36.5 Å². The van der Waals surface area contributed by atoms with Gasteiger partial charge in [-0.1, -0.05) is 0 Å². The van der Waals surface area contributed by atoms with E-state index in [4.69, 9.17) is 0 Å². The van der Waals surface area contributed by atoms with Crippen LogP contribution in [0.25, 0.3) is 0 Å². The van der Waals surface area contributed by atoms with E-state index >= 15 is 0 Å². The summed E-state index contributed by atoms with van der Waals surface area (Å²) in [6, 6.07) is 1.77. The fourth-order valence-electron chi connectivity index (χ4n) is 2.05. The maximum atomic E-state index is 12.0. The second-order valence-corrected chi connectivity index (χ2v) is 5.44. The van der Waals surface area contributed by atoms with Crippen LogP contribution in [-0.2, 0) is 10.3 Å². The molecule has 2 N–H and O–H groups in total. The molecule has 0 saturated carbocycles. The molecule has 17 heavy (non-hydrogen) atoms. The van der Waals surface area contributed by atoms with Crippen molar-refractivity contribution in [2.24, 2.45) is 0 Å². The zero-order chi connectivity index (χ0) is 12.5.